The molecule has 1 nitrogen and oxygen atoms in total. The maximum absolute atomic E-state index is 3.36. The summed E-state index contributed by atoms with van der Waals surface area (Å²) in [7, 11) is 1.14. The maximum Gasteiger partial charge on any atom is 0.213 e. The van der Waals surface area contributed by atoms with Crippen molar-refractivity contribution in [2.24, 2.45) is 5.92 Å². The fourth-order valence-corrected chi connectivity index (χ4v) is 2.86. The van der Waals surface area contributed by atoms with E-state index in [4.69, 9.17) is 0 Å². The van der Waals surface area contributed by atoms with Crippen molar-refractivity contribution in [3.8, 4) is 0 Å². The van der Waals surface area contributed by atoms with Gasteiger partial charge in [0.1, 0.15) is 0 Å². The monoisotopic (exact) mass is 345 g/mol. The van der Waals surface area contributed by atoms with Crippen LogP contribution in [0.15, 0.2) is 17.9 Å². The predicted molar refractivity (Wildman–Crippen MR) is 86.8 cm³/mol. The Hall–Kier alpha value is 0.275. The van der Waals surface area contributed by atoms with Crippen LogP contribution in [0, 0.1) is 5.92 Å². The summed E-state index contributed by atoms with van der Waals surface area (Å²) >= 11 is 2.47. The van der Waals surface area contributed by atoms with Crippen LogP contribution in [0.3, 0.4) is 0 Å². The molecule has 0 heterocycles. The lowest BCUT2D eigenvalue weighted by Gasteiger charge is -2.23. The number of hydrogen-bond acceptors (Lipinski definition) is 1. The lowest BCUT2D eigenvalue weighted by Crippen LogP contribution is -2.27. The SMILES string of the molecule is CBN(I)C1CC=C=CCC(C)CCCCC1. The summed E-state index contributed by atoms with van der Waals surface area (Å²) in [5.74, 6) is 0.836. The molecule has 0 radical (unpaired) electrons. The minimum atomic E-state index is 0.707. The summed E-state index contributed by atoms with van der Waals surface area (Å²) in [6.45, 7) is 4.60. The quantitative estimate of drug-likeness (QED) is 0.308. The molecule has 96 valence electrons. The van der Waals surface area contributed by atoms with Crippen molar-refractivity contribution in [3.63, 3.8) is 0 Å². The number of halogens is 1. The molecule has 17 heavy (non-hydrogen) atoms. The van der Waals surface area contributed by atoms with Gasteiger partial charge < -0.3 is 0 Å². The molecule has 0 saturated heterocycles. The van der Waals surface area contributed by atoms with Crippen molar-refractivity contribution in [1.29, 1.82) is 0 Å². The summed E-state index contributed by atoms with van der Waals surface area (Å²) in [4.78, 5) is 0. The third kappa shape index (κ3) is 6.68. The predicted octanol–water partition coefficient (Wildman–Crippen LogP) is 4.50. The van der Waals surface area contributed by atoms with Gasteiger partial charge in [-0.2, -0.15) is 0 Å². The Morgan fingerprint density at radius 2 is 1.88 bits per heavy atom. The molecule has 2 unspecified atom stereocenters. The van der Waals surface area contributed by atoms with E-state index in [1.165, 1.54) is 38.5 Å². The molecule has 3 heteroatoms. The Kier molecular flexibility index (Phi) is 8.33. The van der Waals surface area contributed by atoms with Crippen molar-refractivity contribution in [1.82, 2.24) is 3.02 Å². The van der Waals surface area contributed by atoms with E-state index in [1.807, 2.05) is 0 Å². The third-order valence-electron chi connectivity index (χ3n) is 3.58. The van der Waals surface area contributed by atoms with Crippen LogP contribution in [0.1, 0.15) is 51.9 Å². The van der Waals surface area contributed by atoms with E-state index in [-0.39, 0.29) is 0 Å². The van der Waals surface area contributed by atoms with Crippen LogP contribution in [-0.2, 0) is 0 Å². The Bertz CT molecular complexity index is 261. The van der Waals surface area contributed by atoms with Crippen LogP contribution in [0.4, 0.5) is 0 Å². The lowest BCUT2D eigenvalue weighted by atomic mass is 9.93. The van der Waals surface area contributed by atoms with Crippen LogP contribution in [0.2, 0.25) is 6.82 Å². The molecule has 0 saturated carbocycles. The molecular weight excluding hydrogens is 320 g/mol. The van der Waals surface area contributed by atoms with Gasteiger partial charge in [-0.3, -0.25) is 3.02 Å². The van der Waals surface area contributed by atoms with E-state index >= 15 is 0 Å². The van der Waals surface area contributed by atoms with Gasteiger partial charge in [-0.25, -0.2) is 0 Å². The molecule has 1 aliphatic carbocycles. The van der Waals surface area contributed by atoms with E-state index < -0.39 is 0 Å². The number of nitrogens with zero attached hydrogens (tertiary/aromatic N) is 1. The van der Waals surface area contributed by atoms with Crippen molar-refractivity contribution in [3.05, 3.63) is 17.9 Å². The van der Waals surface area contributed by atoms with Gasteiger partial charge in [-0.1, -0.05) is 39.4 Å². The van der Waals surface area contributed by atoms with Crippen molar-refractivity contribution in [2.45, 2.75) is 64.7 Å². The average molecular weight is 345 g/mol. The van der Waals surface area contributed by atoms with Gasteiger partial charge in [0.2, 0.25) is 7.41 Å². The molecule has 0 aromatic heterocycles. The largest absolute Gasteiger partial charge is 0.287 e. The van der Waals surface area contributed by atoms with E-state index in [1.54, 1.807) is 0 Å². The zero-order chi connectivity index (χ0) is 12.5. The second kappa shape index (κ2) is 9.24. The number of rotatable bonds is 2. The van der Waals surface area contributed by atoms with E-state index in [2.05, 4.69) is 57.5 Å². The molecule has 0 fully saturated rings. The van der Waals surface area contributed by atoms with E-state index in [0.717, 1.165) is 19.8 Å². The van der Waals surface area contributed by atoms with Gasteiger partial charge in [0.05, 0.1) is 0 Å². The molecule has 0 amide bonds. The van der Waals surface area contributed by atoms with Crippen LogP contribution < -0.4 is 0 Å². The van der Waals surface area contributed by atoms with Crippen LogP contribution in [-0.4, -0.2) is 16.5 Å². The van der Waals surface area contributed by atoms with Gasteiger partial charge in [0.25, 0.3) is 0 Å². The molecule has 0 bridgehead atoms. The normalized spacial score (nSPS) is 27.5. The highest BCUT2D eigenvalue weighted by Crippen LogP contribution is 2.20. The average Bonchev–Trinajstić information content (AvgIpc) is 2.32. The van der Waals surface area contributed by atoms with Crippen LogP contribution in [0.5, 0.6) is 0 Å². The summed E-state index contributed by atoms with van der Waals surface area (Å²) < 4.78 is 2.45. The highest BCUT2D eigenvalue weighted by atomic mass is 127. The molecule has 0 aromatic rings. The van der Waals surface area contributed by atoms with Gasteiger partial charge in [0, 0.05) is 28.9 Å². The highest BCUT2D eigenvalue weighted by molar-refractivity contribution is 14.1. The van der Waals surface area contributed by atoms with Gasteiger partial charge >= 0.3 is 0 Å². The molecule has 0 aromatic carbocycles. The van der Waals surface area contributed by atoms with Crippen molar-refractivity contribution < 1.29 is 0 Å². The Morgan fingerprint density at radius 3 is 2.65 bits per heavy atom. The number of hydrogen-bond donors (Lipinski definition) is 0. The Morgan fingerprint density at radius 1 is 1.18 bits per heavy atom. The van der Waals surface area contributed by atoms with E-state index in [9.17, 15) is 0 Å². The highest BCUT2D eigenvalue weighted by Gasteiger charge is 2.13. The van der Waals surface area contributed by atoms with Gasteiger partial charge in [-0.05, 0) is 37.3 Å². The van der Waals surface area contributed by atoms with Crippen molar-refractivity contribution in [2.75, 3.05) is 0 Å². The van der Waals surface area contributed by atoms with Gasteiger partial charge in [-0.15, -0.1) is 5.73 Å². The Labute approximate surface area is 121 Å². The van der Waals surface area contributed by atoms with Gasteiger partial charge in [0.15, 0.2) is 0 Å². The second-order valence-electron chi connectivity index (χ2n) is 5.16. The molecule has 0 aliphatic heterocycles. The minimum Gasteiger partial charge on any atom is -0.287 e. The first kappa shape index (κ1) is 15.3. The van der Waals surface area contributed by atoms with Crippen molar-refractivity contribution >= 4 is 30.3 Å². The zero-order valence-corrected chi connectivity index (χ0v) is 13.4. The molecule has 0 N–H and O–H groups in total. The molecule has 2 atom stereocenters. The summed E-state index contributed by atoms with van der Waals surface area (Å²) in [5.41, 5.74) is 3.36. The second-order valence-corrected chi connectivity index (χ2v) is 6.40. The van der Waals surface area contributed by atoms with E-state index in [0.29, 0.717) is 6.04 Å². The lowest BCUT2D eigenvalue weighted by molar-refractivity contribution is 0.436. The van der Waals surface area contributed by atoms with Crippen LogP contribution >= 0.6 is 22.9 Å². The molecule has 0 spiro atoms. The maximum atomic E-state index is 3.36. The molecule has 1 aliphatic rings. The zero-order valence-electron chi connectivity index (χ0n) is 11.3. The fraction of sp³-hybridized carbons (Fsp3) is 0.786. The Balaban J connectivity index is 2.54. The summed E-state index contributed by atoms with van der Waals surface area (Å²) in [5, 5.41) is 0. The third-order valence-corrected chi connectivity index (χ3v) is 5.05. The fourth-order valence-electron chi connectivity index (χ4n) is 2.35. The first-order valence-electron chi connectivity index (χ1n) is 7.05. The molecular formula is C14H25BIN. The topological polar surface area (TPSA) is 3.24 Å². The first-order valence-corrected chi connectivity index (χ1v) is 8.02. The molecule has 1 rings (SSSR count). The summed E-state index contributed by atoms with van der Waals surface area (Å²) in [6.07, 6.45) is 13.7. The minimum absolute atomic E-state index is 0.707. The standard InChI is InChI=1S/C14H25BIN/c1-13-9-5-3-7-11-14(17(16)15-2)12-8-4-6-10-13/h6,8,13-15H,3,5,7,9-12H2,1-2H3. The summed E-state index contributed by atoms with van der Waals surface area (Å²) in [6, 6.07) is 0.707. The van der Waals surface area contributed by atoms with Crippen LogP contribution in [0.25, 0.3) is 0 Å². The smallest absolute Gasteiger partial charge is 0.213 e. The first-order chi connectivity index (χ1) is 8.24.